The molecule has 0 heterocycles. The van der Waals surface area contributed by atoms with E-state index in [9.17, 15) is 5.11 Å². The van der Waals surface area contributed by atoms with Gasteiger partial charge >= 0.3 is 0 Å². The Morgan fingerprint density at radius 3 is 2.50 bits per heavy atom. The molecule has 0 amide bonds. The lowest BCUT2D eigenvalue weighted by Crippen LogP contribution is -2.29. The molecule has 2 nitrogen and oxygen atoms in total. The molecule has 1 aliphatic rings. The third-order valence-corrected chi connectivity index (χ3v) is 4.05. The van der Waals surface area contributed by atoms with Crippen molar-refractivity contribution in [3.05, 3.63) is 34.3 Å². The standard InChI is InChI=1S/C15H22BrNO/c1-2-10-17(14-7-8-14)11-9-15(18)12-3-5-13(16)6-4-12/h3-6,14-15,18H,2,7-11H2,1H3. The highest BCUT2D eigenvalue weighted by molar-refractivity contribution is 9.10. The van der Waals surface area contributed by atoms with Crippen molar-refractivity contribution >= 4 is 15.9 Å². The Morgan fingerprint density at radius 2 is 1.94 bits per heavy atom. The molecule has 1 atom stereocenters. The number of rotatable bonds is 7. The van der Waals surface area contributed by atoms with Crippen molar-refractivity contribution in [2.24, 2.45) is 0 Å². The van der Waals surface area contributed by atoms with Crippen LogP contribution in [0.3, 0.4) is 0 Å². The molecule has 0 saturated heterocycles. The molecular formula is C15H22BrNO. The topological polar surface area (TPSA) is 23.5 Å². The Balaban J connectivity index is 1.82. The molecule has 1 aromatic carbocycles. The second kappa shape index (κ2) is 6.69. The predicted octanol–water partition coefficient (Wildman–Crippen LogP) is 3.75. The molecule has 1 aromatic rings. The molecule has 3 heteroatoms. The summed E-state index contributed by atoms with van der Waals surface area (Å²) in [5, 5.41) is 10.2. The predicted molar refractivity (Wildman–Crippen MR) is 78.6 cm³/mol. The molecule has 1 fully saturated rings. The van der Waals surface area contributed by atoms with Gasteiger partial charge in [-0.25, -0.2) is 0 Å². The summed E-state index contributed by atoms with van der Waals surface area (Å²) in [7, 11) is 0. The molecule has 0 bridgehead atoms. The van der Waals surface area contributed by atoms with E-state index in [0.29, 0.717) is 0 Å². The maximum atomic E-state index is 10.2. The van der Waals surface area contributed by atoms with Crippen LogP contribution in [-0.4, -0.2) is 29.1 Å². The van der Waals surface area contributed by atoms with Gasteiger partial charge in [-0.3, -0.25) is 0 Å². The van der Waals surface area contributed by atoms with Gasteiger partial charge in [0, 0.05) is 17.1 Å². The second-order valence-corrected chi connectivity index (χ2v) is 6.04. The molecule has 0 aromatic heterocycles. The smallest absolute Gasteiger partial charge is 0.0802 e. The number of halogens is 1. The second-order valence-electron chi connectivity index (χ2n) is 5.12. The molecule has 1 N–H and O–H groups in total. The fourth-order valence-electron chi connectivity index (χ4n) is 2.34. The first kappa shape index (κ1) is 14.0. The minimum absolute atomic E-state index is 0.337. The van der Waals surface area contributed by atoms with Crippen LogP contribution in [0.25, 0.3) is 0 Å². The number of aliphatic hydroxyl groups is 1. The van der Waals surface area contributed by atoms with Crippen molar-refractivity contribution < 1.29 is 5.11 Å². The summed E-state index contributed by atoms with van der Waals surface area (Å²) in [6.45, 7) is 4.40. The molecular weight excluding hydrogens is 290 g/mol. The minimum atomic E-state index is -0.337. The average Bonchev–Trinajstić information content (AvgIpc) is 3.19. The van der Waals surface area contributed by atoms with Crippen LogP contribution in [0.15, 0.2) is 28.7 Å². The number of aliphatic hydroxyl groups excluding tert-OH is 1. The molecule has 2 rings (SSSR count). The highest BCUT2D eigenvalue weighted by Gasteiger charge is 2.28. The first-order valence-electron chi connectivity index (χ1n) is 6.88. The molecule has 1 aliphatic carbocycles. The lowest BCUT2D eigenvalue weighted by Gasteiger charge is -2.22. The Labute approximate surface area is 118 Å². The van der Waals surface area contributed by atoms with Gasteiger partial charge in [0.2, 0.25) is 0 Å². The fourth-order valence-corrected chi connectivity index (χ4v) is 2.61. The fraction of sp³-hybridized carbons (Fsp3) is 0.600. The van der Waals surface area contributed by atoms with Crippen LogP contribution in [0.5, 0.6) is 0 Å². The summed E-state index contributed by atoms with van der Waals surface area (Å²) >= 11 is 3.41. The van der Waals surface area contributed by atoms with Gasteiger partial charge in [0.05, 0.1) is 6.10 Å². The van der Waals surface area contributed by atoms with Crippen LogP contribution >= 0.6 is 15.9 Å². The number of nitrogens with zero attached hydrogens (tertiary/aromatic N) is 1. The van der Waals surface area contributed by atoms with Crippen LogP contribution in [0.2, 0.25) is 0 Å². The van der Waals surface area contributed by atoms with Crippen molar-refractivity contribution in [3.63, 3.8) is 0 Å². The van der Waals surface area contributed by atoms with E-state index < -0.39 is 0 Å². The summed E-state index contributed by atoms with van der Waals surface area (Å²) in [6, 6.07) is 8.76. The van der Waals surface area contributed by atoms with Crippen LogP contribution in [0.4, 0.5) is 0 Å². The third-order valence-electron chi connectivity index (χ3n) is 3.52. The largest absolute Gasteiger partial charge is 0.388 e. The summed E-state index contributed by atoms with van der Waals surface area (Å²) in [5.41, 5.74) is 1.02. The minimum Gasteiger partial charge on any atom is -0.388 e. The van der Waals surface area contributed by atoms with Crippen molar-refractivity contribution in [1.82, 2.24) is 4.90 Å². The summed E-state index contributed by atoms with van der Waals surface area (Å²) < 4.78 is 1.06. The Morgan fingerprint density at radius 1 is 1.28 bits per heavy atom. The monoisotopic (exact) mass is 311 g/mol. The maximum absolute atomic E-state index is 10.2. The van der Waals surface area contributed by atoms with Gasteiger partial charge in [0.15, 0.2) is 0 Å². The van der Waals surface area contributed by atoms with Gasteiger partial charge in [-0.2, -0.15) is 0 Å². The molecule has 18 heavy (non-hydrogen) atoms. The van der Waals surface area contributed by atoms with Crippen molar-refractivity contribution in [2.75, 3.05) is 13.1 Å². The normalized spacial score (nSPS) is 17.1. The van der Waals surface area contributed by atoms with E-state index in [2.05, 4.69) is 27.8 Å². The van der Waals surface area contributed by atoms with Crippen molar-refractivity contribution in [2.45, 2.75) is 44.8 Å². The summed E-state index contributed by atoms with van der Waals surface area (Å²) in [6.07, 6.45) is 4.38. The summed E-state index contributed by atoms with van der Waals surface area (Å²) in [5.74, 6) is 0. The number of hydrogen-bond acceptors (Lipinski definition) is 2. The van der Waals surface area contributed by atoms with Gasteiger partial charge < -0.3 is 10.0 Å². The van der Waals surface area contributed by atoms with E-state index in [1.165, 1.54) is 19.3 Å². The lowest BCUT2D eigenvalue weighted by molar-refractivity contribution is 0.139. The molecule has 100 valence electrons. The SMILES string of the molecule is CCCN(CCC(O)c1ccc(Br)cc1)C1CC1. The molecule has 0 spiro atoms. The zero-order valence-electron chi connectivity index (χ0n) is 11.0. The lowest BCUT2D eigenvalue weighted by atomic mass is 10.1. The zero-order chi connectivity index (χ0) is 13.0. The van der Waals surface area contributed by atoms with E-state index in [-0.39, 0.29) is 6.10 Å². The van der Waals surface area contributed by atoms with Crippen LogP contribution < -0.4 is 0 Å². The van der Waals surface area contributed by atoms with E-state index in [4.69, 9.17) is 0 Å². The number of benzene rings is 1. The van der Waals surface area contributed by atoms with Gasteiger partial charge in [0.25, 0.3) is 0 Å². The van der Waals surface area contributed by atoms with E-state index in [1.807, 2.05) is 24.3 Å². The van der Waals surface area contributed by atoms with Gasteiger partial charge in [-0.05, 0) is 49.9 Å². The van der Waals surface area contributed by atoms with Crippen molar-refractivity contribution in [3.8, 4) is 0 Å². The quantitative estimate of drug-likeness (QED) is 0.829. The van der Waals surface area contributed by atoms with Crippen molar-refractivity contribution in [1.29, 1.82) is 0 Å². The zero-order valence-corrected chi connectivity index (χ0v) is 12.6. The third kappa shape index (κ3) is 4.08. The number of hydrogen-bond donors (Lipinski definition) is 1. The van der Waals surface area contributed by atoms with Crippen LogP contribution in [0, 0.1) is 0 Å². The first-order valence-corrected chi connectivity index (χ1v) is 7.67. The van der Waals surface area contributed by atoms with E-state index >= 15 is 0 Å². The average molecular weight is 312 g/mol. The molecule has 1 saturated carbocycles. The highest BCUT2D eigenvalue weighted by Crippen LogP contribution is 2.28. The van der Waals surface area contributed by atoms with E-state index in [1.54, 1.807) is 0 Å². The Bertz CT molecular complexity index is 361. The molecule has 1 unspecified atom stereocenters. The highest BCUT2D eigenvalue weighted by atomic mass is 79.9. The van der Waals surface area contributed by atoms with Gasteiger partial charge in [0.1, 0.15) is 0 Å². The Kier molecular flexibility index (Phi) is 5.22. The van der Waals surface area contributed by atoms with Crippen LogP contribution in [0.1, 0.15) is 44.3 Å². The van der Waals surface area contributed by atoms with Gasteiger partial charge in [-0.15, -0.1) is 0 Å². The Hall–Kier alpha value is -0.380. The maximum Gasteiger partial charge on any atom is 0.0802 e. The van der Waals surface area contributed by atoms with Crippen LogP contribution in [-0.2, 0) is 0 Å². The summed E-state index contributed by atoms with van der Waals surface area (Å²) in [4.78, 5) is 2.53. The molecule has 0 aliphatic heterocycles. The van der Waals surface area contributed by atoms with Gasteiger partial charge in [-0.1, -0.05) is 35.0 Å². The first-order chi connectivity index (χ1) is 8.70. The van der Waals surface area contributed by atoms with E-state index in [0.717, 1.165) is 35.6 Å². The molecule has 0 radical (unpaired) electrons.